The Morgan fingerprint density at radius 3 is 2.77 bits per heavy atom. The summed E-state index contributed by atoms with van der Waals surface area (Å²) in [6.45, 7) is 4.27. The van der Waals surface area contributed by atoms with Crippen LogP contribution in [0.4, 0.5) is 23.0 Å². The van der Waals surface area contributed by atoms with Gasteiger partial charge in [-0.2, -0.15) is 5.10 Å². The van der Waals surface area contributed by atoms with Gasteiger partial charge < -0.3 is 10.6 Å². The van der Waals surface area contributed by atoms with Crippen LogP contribution in [0.15, 0.2) is 47.5 Å². The number of anilines is 3. The molecule has 3 rings (SSSR count). The van der Waals surface area contributed by atoms with E-state index in [1.807, 2.05) is 25.3 Å². The number of hydrogen-bond acceptors (Lipinski definition) is 8. The SMILES string of the molecule is CN1/C(=C\C=N/Nc2ncnc(N)c2[N+](=O)[O-])C(C)(C)c2ccccc21. The summed E-state index contributed by atoms with van der Waals surface area (Å²) < 4.78 is 0. The Balaban J connectivity index is 1.84. The van der Waals surface area contributed by atoms with Crippen LogP contribution in [0.3, 0.4) is 0 Å². The number of aromatic nitrogens is 2. The molecule has 1 aromatic carbocycles. The van der Waals surface area contributed by atoms with Crippen LogP contribution < -0.4 is 16.1 Å². The average Bonchev–Trinajstić information content (AvgIpc) is 2.79. The molecule has 1 aliphatic rings. The van der Waals surface area contributed by atoms with Gasteiger partial charge in [0, 0.05) is 30.1 Å². The van der Waals surface area contributed by atoms with Crippen molar-refractivity contribution < 1.29 is 4.92 Å². The van der Waals surface area contributed by atoms with E-state index in [1.165, 1.54) is 5.56 Å². The fraction of sp³-hybridized carbons (Fsp3) is 0.235. The Labute approximate surface area is 150 Å². The van der Waals surface area contributed by atoms with Crippen molar-refractivity contribution in [1.29, 1.82) is 0 Å². The molecule has 0 atom stereocenters. The van der Waals surface area contributed by atoms with Gasteiger partial charge in [-0.1, -0.05) is 32.0 Å². The second kappa shape index (κ2) is 6.43. The van der Waals surface area contributed by atoms with E-state index in [4.69, 9.17) is 5.73 Å². The highest BCUT2D eigenvalue weighted by atomic mass is 16.6. The molecule has 1 aromatic heterocycles. The van der Waals surface area contributed by atoms with Crippen LogP contribution in [-0.2, 0) is 5.41 Å². The summed E-state index contributed by atoms with van der Waals surface area (Å²) in [6, 6.07) is 8.20. The highest BCUT2D eigenvalue weighted by molar-refractivity contribution is 5.80. The van der Waals surface area contributed by atoms with Gasteiger partial charge >= 0.3 is 5.69 Å². The highest BCUT2D eigenvalue weighted by Crippen LogP contribution is 2.46. The molecule has 9 nitrogen and oxygen atoms in total. The molecule has 1 aliphatic heterocycles. The van der Waals surface area contributed by atoms with Crippen molar-refractivity contribution in [1.82, 2.24) is 9.97 Å². The van der Waals surface area contributed by atoms with E-state index in [1.54, 1.807) is 6.21 Å². The van der Waals surface area contributed by atoms with Crippen LogP contribution >= 0.6 is 0 Å². The van der Waals surface area contributed by atoms with Gasteiger partial charge in [0.1, 0.15) is 6.33 Å². The highest BCUT2D eigenvalue weighted by Gasteiger charge is 2.37. The fourth-order valence-corrected chi connectivity index (χ4v) is 3.16. The summed E-state index contributed by atoms with van der Waals surface area (Å²) in [5, 5.41) is 15.1. The molecule has 0 fully saturated rings. The Morgan fingerprint density at radius 1 is 1.35 bits per heavy atom. The third-order valence-electron chi connectivity index (χ3n) is 4.45. The van der Waals surface area contributed by atoms with Crippen molar-refractivity contribution in [2.45, 2.75) is 19.3 Å². The number of benzene rings is 1. The minimum absolute atomic E-state index is 0.0560. The van der Waals surface area contributed by atoms with E-state index in [0.29, 0.717) is 0 Å². The lowest BCUT2D eigenvalue weighted by molar-refractivity contribution is -0.383. The number of rotatable bonds is 4. The van der Waals surface area contributed by atoms with Crippen LogP contribution in [0.1, 0.15) is 19.4 Å². The number of para-hydroxylation sites is 1. The molecule has 0 amide bonds. The van der Waals surface area contributed by atoms with Crippen LogP contribution in [-0.4, -0.2) is 28.2 Å². The fourth-order valence-electron chi connectivity index (χ4n) is 3.16. The molecule has 3 N–H and O–H groups in total. The summed E-state index contributed by atoms with van der Waals surface area (Å²) in [7, 11) is 2.00. The van der Waals surface area contributed by atoms with Gasteiger partial charge in [-0.3, -0.25) is 15.5 Å². The summed E-state index contributed by atoms with van der Waals surface area (Å²) >= 11 is 0. The number of nitrogens with zero attached hydrogens (tertiary/aromatic N) is 5. The van der Waals surface area contributed by atoms with Crippen LogP contribution in [0.2, 0.25) is 0 Å². The number of nitrogens with two attached hydrogens (primary N) is 1. The number of nitrogens with one attached hydrogen (secondary N) is 1. The largest absolute Gasteiger partial charge is 0.378 e. The smallest absolute Gasteiger partial charge is 0.354 e. The molecule has 2 heterocycles. The minimum Gasteiger partial charge on any atom is -0.378 e. The number of fused-ring (bicyclic) bond motifs is 1. The standard InChI is InChI=1S/C17H19N7O2/c1-17(2)11-6-4-5-7-12(11)23(3)13(17)8-9-21-22-16-14(24(25)26)15(18)19-10-20-16/h4-10H,1-3H3,(H3,18,19,20,22)/b13-8-,21-9-. The normalized spacial score (nSPS) is 16.9. The lowest BCUT2D eigenvalue weighted by Gasteiger charge is -2.23. The molecule has 0 unspecified atom stereocenters. The second-order valence-electron chi connectivity index (χ2n) is 6.36. The maximum atomic E-state index is 11.1. The third kappa shape index (κ3) is 2.83. The number of nitrogen functional groups attached to an aromatic ring is 1. The van der Waals surface area contributed by atoms with Crippen molar-refractivity contribution in [3.63, 3.8) is 0 Å². The Hall–Kier alpha value is -3.49. The number of hydrazone groups is 1. The number of hydrogen-bond donors (Lipinski definition) is 2. The average molecular weight is 353 g/mol. The molecule has 0 spiro atoms. The Morgan fingerprint density at radius 2 is 2.08 bits per heavy atom. The molecule has 0 saturated heterocycles. The van der Waals surface area contributed by atoms with Crippen molar-refractivity contribution >= 4 is 29.2 Å². The zero-order chi connectivity index (χ0) is 18.9. The minimum atomic E-state index is -0.643. The molecule has 134 valence electrons. The van der Waals surface area contributed by atoms with Crippen molar-refractivity contribution in [3.05, 3.63) is 58.0 Å². The van der Waals surface area contributed by atoms with Gasteiger partial charge in [0.2, 0.25) is 11.6 Å². The summed E-state index contributed by atoms with van der Waals surface area (Å²) in [5.41, 5.74) is 10.9. The third-order valence-corrected chi connectivity index (χ3v) is 4.45. The van der Waals surface area contributed by atoms with E-state index in [0.717, 1.165) is 17.7 Å². The maximum absolute atomic E-state index is 11.1. The Bertz CT molecular complexity index is 921. The molecule has 0 saturated carbocycles. The molecule has 9 heteroatoms. The van der Waals surface area contributed by atoms with Crippen molar-refractivity contribution in [2.24, 2.45) is 5.10 Å². The van der Waals surface area contributed by atoms with Gasteiger partial charge in [0.05, 0.1) is 4.92 Å². The van der Waals surface area contributed by atoms with Crippen LogP contribution in [0.25, 0.3) is 0 Å². The number of likely N-dealkylation sites (N-methyl/N-ethyl adjacent to an activating group) is 1. The van der Waals surface area contributed by atoms with Crippen LogP contribution in [0.5, 0.6) is 0 Å². The summed E-state index contributed by atoms with van der Waals surface area (Å²) in [6.07, 6.45) is 4.55. The Kier molecular flexibility index (Phi) is 4.29. The zero-order valence-corrected chi connectivity index (χ0v) is 14.7. The number of nitro groups is 1. The first kappa shape index (κ1) is 17.3. The van der Waals surface area contributed by atoms with Crippen molar-refractivity contribution in [2.75, 3.05) is 23.1 Å². The molecular weight excluding hydrogens is 334 g/mol. The molecule has 0 aliphatic carbocycles. The first-order valence-electron chi connectivity index (χ1n) is 7.92. The van der Waals surface area contributed by atoms with Gasteiger partial charge in [0.15, 0.2) is 0 Å². The predicted octanol–water partition coefficient (Wildman–Crippen LogP) is 2.68. The van der Waals surface area contributed by atoms with E-state index >= 15 is 0 Å². The lowest BCUT2D eigenvalue weighted by Crippen LogP contribution is -2.23. The zero-order valence-electron chi connectivity index (χ0n) is 14.7. The van der Waals surface area contributed by atoms with Crippen LogP contribution in [0, 0.1) is 10.1 Å². The van der Waals surface area contributed by atoms with E-state index in [9.17, 15) is 10.1 Å². The lowest BCUT2D eigenvalue weighted by atomic mass is 9.84. The van der Waals surface area contributed by atoms with E-state index in [2.05, 4.69) is 51.4 Å². The van der Waals surface area contributed by atoms with E-state index < -0.39 is 10.6 Å². The first-order valence-corrected chi connectivity index (χ1v) is 7.92. The topological polar surface area (TPSA) is 123 Å². The molecule has 26 heavy (non-hydrogen) atoms. The first-order chi connectivity index (χ1) is 12.3. The summed E-state index contributed by atoms with van der Waals surface area (Å²) in [5.74, 6) is -0.271. The predicted molar refractivity (Wildman–Crippen MR) is 101 cm³/mol. The summed E-state index contributed by atoms with van der Waals surface area (Å²) in [4.78, 5) is 20.0. The molecule has 2 aromatic rings. The number of allylic oxidation sites excluding steroid dienone is 2. The van der Waals surface area contributed by atoms with Crippen molar-refractivity contribution in [3.8, 4) is 0 Å². The van der Waals surface area contributed by atoms with Gasteiger partial charge in [-0.15, -0.1) is 0 Å². The molecule has 0 radical (unpaired) electrons. The monoisotopic (exact) mass is 353 g/mol. The van der Waals surface area contributed by atoms with Gasteiger partial charge in [-0.05, 0) is 17.7 Å². The quantitative estimate of drug-likeness (QED) is 0.492. The van der Waals surface area contributed by atoms with E-state index in [-0.39, 0.29) is 17.1 Å². The second-order valence-corrected chi connectivity index (χ2v) is 6.36. The molecular formula is C17H19N7O2. The van der Waals surface area contributed by atoms with Gasteiger partial charge in [0.25, 0.3) is 0 Å². The van der Waals surface area contributed by atoms with Gasteiger partial charge in [-0.25, -0.2) is 9.97 Å². The molecule has 0 bridgehead atoms. The maximum Gasteiger partial charge on any atom is 0.354 e.